The zero-order chi connectivity index (χ0) is 14.7. The molecule has 5 nitrogen and oxygen atoms in total. The van der Waals surface area contributed by atoms with E-state index in [1.807, 2.05) is 43.3 Å². The largest absolute Gasteiger partial charge is 0.320 e. The summed E-state index contributed by atoms with van der Waals surface area (Å²) >= 11 is 0. The van der Waals surface area contributed by atoms with Crippen molar-refractivity contribution in [1.82, 2.24) is 15.4 Å². The first-order chi connectivity index (χ1) is 10.2. The number of hydrogen-bond donors (Lipinski definition) is 2. The normalized spacial score (nSPS) is 11.1. The SMILES string of the molecule is Cc1ccccc1C=CC(=O)Nc1cccc2n[nH]nc12. The smallest absolute Gasteiger partial charge is 0.248 e. The van der Waals surface area contributed by atoms with Crippen molar-refractivity contribution in [1.29, 1.82) is 0 Å². The Bertz CT molecular complexity index is 820. The molecule has 3 rings (SSSR count). The summed E-state index contributed by atoms with van der Waals surface area (Å²) in [7, 11) is 0. The predicted molar refractivity (Wildman–Crippen MR) is 82.7 cm³/mol. The molecule has 0 fully saturated rings. The highest BCUT2D eigenvalue weighted by molar-refractivity contribution is 6.06. The molecule has 2 aromatic carbocycles. The zero-order valence-electron chi connectivity index (χ0n) is 11.5. The molecule has 1 aromatic heterocycles. The molecule has 2 N–H and O–H groups in total. The summed E-state index contributed by atoms with van der Waals surface area (Å²) in [6.07, 6.45) is 3.31. The summed E-state index contributed by atoms with van der Waals surface area (Å²) in [5, 5.41) is 13.4. The predicted octanol–water partition coefficient (Wildman–Crippen LogP) is 2.92. The van der Waals surface area contributed by atoms with E-state index in [0.717, 1.165) is 16.6 Å². The second-order valence-electron chi connectivity index (χ2n) is 4.68. The van der Waals surface area contributed by atoms with Crippen LogP contribution in [0.25, 0.3) is 17.1 Å². The summed E-state index contributed by atoms with van der Waals surface area (Å²) < 4.78 is 0. The monoisotopic (exact) mass is 278 g/mol. The number of carbonyl (C=O) groups excluding carboxylic acids is 1. The number of nitrogens with zero attached hydrogens (tertiary/aromatic N) is 2. The average molecular weight is 278 g/mol. The average Bonchev–Trinajstić information content (AvgIpc) is 2.96. The maximum Gasteiger partial charge on any atom is 0.248 e. The molecule has 5 heteroatoms. The van der Waals surface area contributed by atoms with Crippen molar-refractivity contribution in [3.63, 3.8) is 0 Å². The molecule has 1 amide bonds. The number of aryl methyl sites for hydroxylation is 1. The molecule has 0 spiro atoms. The number of para-hydroxylation sites is 1. The van der Waals surface area contributed by atoms with E-state index in [2.05, 4.69) is 20.7 Å². The van der Waals surface area contributed by atoms with Crippen molar-refractivity contribution in [2.75, 3.05) is 5.32 Å². The Morgan fingerprint density at radius 2 is 2.00 bits per heavy atom. The summed E-state index contributed by atoms with van der Waals surface area (Å²) in [5.74, 6) is -0.200. The van der Waals surface area contributed by atoms with Crippen molar-refractivity contribution >= 4 is 28.7 Å². The van der Waals surface area contributed by atoms with E-state index in [4.69, 9.17) is 0 Å². The Morgan fingerprint density at radius 3 is 2.86 bits per heavy atom. The highest BCUT2D eigenvalue weighted by atomic mass is 16.1. The molecular formula is C16H14N4O. The summed E-state index contributed by atoms with van der Waals surface area (Å²) in [5.41, 5.74) is 4.15. The topological polar surface area (TPSA) is 70.7 Å². The number of nitrogens with one attached hydrogen (secondary N) is 2. The number of fused-ring (bicyclic) bond motifs is 1. The number of aromatic amines is 1. The fourth-order valence-corrected chi connectivity index (χ4v) is 2.08. The Morgan fingerprint density at radius 1 is 1.14 bits per heavy atom. The third-order valence-electron chi connectivity index (χ3n) is 3.21. The molecule has 0 atom stereocenters. The molecule has 0 unspecified atom stereocenters. The number of aromatic nitrogens is 3. The van der Waals surface area contributed by atoms with Crippen LogP contribution in [-0.4, -0.2) is 21.3 Å². The van der Waals surface area contributed by atoms with Gasteiger partial charge in [0, 0.05) is 6.08 Å². The lowest BCUT2D eigenvalue weighted by Crippen LogP contribution is -2.08. The second-order valence-corrected chi connectivity index (χ2v) is 4.68. The molecule has 0 aliphatic carbocycles. The first-order valence-corrected chi connectivity index (χ1v) is 6.58. The molecular weight excluding hydrogens is 264 g/mol. The van der Waals surface area contributed by atoms with E-state index < -0.39 is 0 Å². The van der Waals surface area contributed by atoms with E-state index in [9.17, 15) is 4.79 Å². The molecule has 0 bridgehead atoms. The van der Waals surface area contributed by atoms with Crippen LogP contribution in [0.1, 0.15) is 11.1 Å². The van der Waals surface area contributed by atoms with Gasteiger partial charge in [0.1, 0.15) is 11.0 Å². The lowest BCUT2D eigenvalue weighted by Gasteiger charge is -2.02. The van der Waals surface area contributed by atoms with E-state index in [1.165, 1.54) is 6.08 Å². The molecule has 0 saturated carbocycles. The lowest BCUT2D eigenvalue weighted by molar-refractivity contribution is -0.111. The Kier molecular flexibility index (Phi) is 3.47. The summed E-state index contributed by atoms with van der Waals surface area (Å²) in [6.45, 7) is 2.01. The Balaban J connectivity index is 1.78. The molecule has 0 aliphatic rings. The highest BCUT2D eigenvalue weighted by Gasteiger charge is 2.06. The van der Waals surface area contributed by atoms with Crippen LogP contribution in [0.15, 0.2) is 48.5 Å². The van der Waals surface area contributed by atoms with Crippen LogP contribution in [0.2, 0.25) is 0 Å². The van der Waals surface area contributed by atoms with Crippen molar-refractivity contribution in [2.24, 2.45) is 0 Å². The third-order valence-corrected chi connectivity index (χ3v) is 3.21. The van der Waals surface area contributed by atoms with Gasteiger partial charge in [-0.15, -0.1) is 0 Å². The summed E-state index contributed by atoms with van der Waals surface area (Å²) in [4.78, 5) is 12.0. The Hall–Kier alpha value is -2.95. The standard InChI is InChI=1S/C16H14N4O/c1-11-5-2-3-6-12(11)9-10-15(21)17-13-7-4-8-14-16(13)19-20-18-14/h2-10H,1H3,(H,17,21)(H,18,19,20). The molecule has 1 heterocycles. The number of amides is 1. The fraction of sp³-hybridized carbons (Fsp3) is 0.0625. The van der Waals surface area contributed by atoms with Crippen LogP contribution in [0.4, 0.5) is 5.69 Å². The molecule has 0 radical (unpaired) electrons. The van der Waals surface area contributed by atoms with E-state index in [-0.39, 0.29) is 5.91 Å². The minimum Gasteiger partial charge on any atom is -0.320 e. The molecule has 0 aliphatic heterocycles. The van der Waals surface area contributed by atoms with Crippen LogP contribution in [-0.2, 0) is 4.79 Å². The second kappa shape index (κ2) is 5.58. The maximum absolute atomic E-state index is 12.0. The first-order valence-electron chi connectivity index (χ1n) is 6.58. The Labute approximate surface area is 121 Å². The van der Waals surface area contributed by atoms with Crippen molar-refractivity contribution in [2.45, 2.75) is 6.92 Å². The minimum atomic E-state index is -0.200. The van der Waals surface area contributed by atoms with Crippen LogP contribution >= 0.6 is 0 Å². The maximum atomic E-state index is 12.0. The third kappa shape index (κ3) is 2.81. The number of carbonyl (C=O) groups is 1. The van der Waals surface area contributed by atoms with Gasteiger partial charge < -0.3 is 5.32 Å². The van der Waals surface area contributed by atoms with Crippen molar-refractivity contribution < 1.29 is 4.79 Å². The number of benzene rings is 2. The van der Waals surface area contributed by atoms with E-state index in [1.54, 1.807) is 12.1 Å². The van der Waals surface area contributed by atoms with Crippen molar-refractivity contribution in [3.05, 3.63) is 59.7 Å². The molecule has 0 saturated heterocycles. The van der Waals surface area contributed by atoms with Gasteiger partial charge in [-0.1, -0.05) is 30.3 Å². The van der Waals surface area contributed by atoms with Gasteiger partial charge in [0.15, 0.2) is 0 Å². The van der Waals surface area contributed by atoms with Crippen LogP contribution in [0.5, 0.6) is 0 Å². The minimum absolute atomic E-state index is 0.200. The van der Waals surface area contributed by atoms with Crippen LogP contribution in [0.3, 0.4) is 0 Å². The highest BCUT2D eigenvalue weighted by Crippen LogP contribution is 2.18. The van der Waals surface area contributed by atoms with Gasteiger partial charge in [0.05, 0.1) is 5.69 Å². The zero-order valence-corrected chi connectivity index (χ0v) is 11.5. The van der Waals surface area contributed by atoms with Gasteiger partial charge in [0.25, 0.3) is 0 Å². The van der Waals surface area contributed by atoms with E-state index >= 15 is 0 Å². The number of anilines is 1. The number of hydrogen-bond acceptors (Lipinski definition) is 3. The fourth-order valence-electron chi connectivity index (χ4n) is 2.08. The first kappa shape index (κ1) is 13.1. The van der Waals surface area contributed by atoms with Gasteiger partial charge in [-0.3, -0.25) is 4.79 Å². The quantitative estimate of drug-likeness (QED) is 0.724. The lowest BCUT2D eigenvalue weighted by atomic mass is 10.1. The van der Waals surface area contributed by atoms with E-state index in [0.29, 0.717) is 11.2 Å². The van der Waals surface area contributed by atoms with Crippen LogP contribution in [0, 0.1) is 6.92 Å². The van der Waals surface area contributed by atoms with Crippen molar-refractivity contribution in [3.8, 4) is 0 Å². The van der Waals surface area contributed by atoms with Crippen LogP contribution < -0.4 is 5.32 Å². The summed E-state index contributed by atoms with van der Waals surface area (Å²) in [6, 6.07) is 13.3. The van der Waals surface area contributed by atoms with Gasteiger partial charge in [0.2, 0.25) is 5.91 Å². The molecule has 104 valence electrons. The van der Waals surface area contributed by atoms with Gasteiger partial charge in [-0.05, 0) is 36.3 Å². The van der Waals surface area contributed by atoms with Gasteiger partial charge >= 0.3 is 0 Å². The number of rotatable bonds is 3. The molecule has 3 aromatic rings. The van der Waals surface area contributed by atoms with Gasteiger partial charge in [-0.25, -0.2) is 0 Å². The van der Waals surface area contributed by atoms with Gasteiger partial charge in [-0.2, -0.15) is 15.4 Å². The number of H-pyrrole nitrogens is 1. The molecule has 21 heavy (non-hydrogen) atoms.